The van der Waals surface area contributed by atoms with Crippen molar-refractivity contribution in [2.24, 2.45) is 0 Å². The highest BCUT2D eigenvalue weighted by molar-refractivity contribution is 5.52. The number of pyridine rings is 1. The van der Waals surface area contributed by atoms with Gasteiger partial charge in [-0.3, -0.25) is 4.40 Å². The first-order valence-corrected chi connectivity index (χ1v) is 6.32. The Morgan fingerprint density at radius 3 is 3.11 bits per heavy atom. The van der Waals surface area contributed by atoms with Crippen LogP contribution in [0.4, 0.5) is 5.82 Å². The molecule has 3 aromatic rings. The summed E-state index contributed by atoms with van der Waals surface area (Å²) < 4.78 is 7.73. The van der Waals surface area contributed by atoms with Gasteiger partial charge < -0.3 is 10.1 Å². The molecule has 0 saturated carbocycles. The second-order valence-electron chi connectivity index (χ2n) is 4.61. The number of imidazole rings is 1. The van der Waals surface area contributed by atoms with Gasteiger partial charge in [-0.05, 0) is 18.2 Å². The number of anilines is 1. The number of nitrogens with zero attached hydrogens (tertiary/aromatic N) is 2. The first kappa shape index (κ1) is 10.4. The molecule has 0 fully saturated rings. The molecule has 1 aliphatic heterocycles. The number of hydrogen-bond acceptors (Lipinski definition) is 3. The van der Waals surface area contributed by atoms with Gasteiger partial charge in [0.1, 0.15) is 23.8 Å². The zero-order chi connectivity index (χ0) is 12.7. The molecule has 0 bridgehead atoms. The third-order valence-electron chi connectivity index (χ3n) is 3.45. The summed E-state index contributed by atoms with van der Waals surface area (Å²) in [5.41, 5.74) is 2.15. The summed E-state index contributed by atoms with van der Waals surface area (Å²) >= 11 is 0. The van der Waals surface area contributed by atoms with Crippen molar-refractivity contribution in [3.05, 3.63) is 60.4 Å². The Kier molecular flexibility index (Phi) is 2.21. The van der Waals surface area contributed by atoms with Crippen LogP contribution in [0.3, 0.4) is 0 Å². The smallest absolute Gasteiger partial charge is 0.138 e. The SMILES string of the molecule is c1ccc2c(c1)OCC2Nc1cccc2nccn12. The lowest BCUT2D eigenvalue weighted by Crippen LogP contribution is -2.13. The molecule has 0 amide bonds. The molecule has 0 radical (unpaired) electrons. The van der Waals surface area contributed by atoms with Gasteiger partial charge in [0.05, 0.1) is 6.04 Å². The highest BCUT2D eigenvalue weighted by atomic mass is 16.5. The van der Waals surface area contributed by atoms with Crippen LogP contribution in [0.5, 0.6) is 5.75 Å². The summed E-state index contributed by atoms with van der Waals surface area (Å²) in [5.74, 6) is 2.00. The van der Waals surface area contributed by atoms with E-state index in [0.717, 1.165) is 17.2 Å². The third kappa shape index (κ3) is 1.64. The van der Waals surface area contributed by atoms with Gasteiger partial charge in [0, 0.05) is 18.0 Å². The number of para-hydroxylation sites is 1. The summed E-state index contributed by atoms with van der Waals surface area (Å²) in [6.07, 6.45) is 3.76. The fraction of sp³-hybridized carbons (Fsp3) is 0.133. The summed E-state index contributed by atoms with van der Waals surface area (Å²) in [7, 11) is 0. The Balaban J connectivity index is 1.71. The largest absolute Gasteiger partial charge is 0.491 e. The lowest BCUT2D eigenvalue weighted by Gasteiger charge is -2.14. The van der Waals surface area contributed by atoms with Crippen molar-refractivity contribution in [2.75, 3.05) is 11.9 Å². The fourth-order valence-electron chi connectivity index (χ4n) is 2.53. The highest BCUT2D eigenvalue weighted by Gasteiger charge is 2.23. The molecule has 0 spiro atoms. The Morgan fingerprint density at radius 1 is 1.16 bits per heavy atom. The second kappa shape index (κ2) is 4.02. The third-order valence-corrected chi connectivity index (χ3v) is 3.45. The van der Waals surface area contributed by atoms with Gasteiger partial charge in [-0.15, -0.1) is 0 Å². The van der Waals surface area contributed by atoms with Crippen LogP contribution in [0.25, 0.3) is 5.65 Å². The van der Waals surface area contributed by atoms with E-state index in [1.165, 1.54) is 5.56 Å². The van der Waals surface area contributed by atoms with Crippen molar-refractivity contribution in [3.63, 3.8) is 0 Å². The van der Waals surface area contributed by atoms with Crippen LogP contribution >= 0.6 is 0 Å². The maximum atomic E-state index is 5.69. The molecule has 0 saturated heterocycles. The van der Waals surface area contributed by atoms with E-state index < -0.39 is 0 Å². The Bertz CT molecular complexity index is 735. The van der Waals surface area contributed by atoms with Gasteiger partial charge in [-0.25, -0.2) is 4.98 Å². The number of fused-ring (bicyclic) bond motifs is 2. The molecule has 1 aromatic carbocycles. The Labute approximate surface area is 110 Å². The van der Waals surface area contributed by atoms with Crippen LogP contribution in [0.1, 0.15) is 11.6 Å². The molecule has 94 valence electrons. The van der Waals surface area contributed by atoms with E-state index in [1.54, 1.807) is 6.20 Å². The minimum absolute atomic E-state index is 0.184. The average molecular weight is 251 g/mol. The maximum absolute atomic E-state index is 5.69. The summed E-state index contributed by atoms with van der Waals surface area (Å²) in [6.45, 7) is 0.657. The monoisotopic (exact) mass is 251 g/mol. The van der Waals surface area contributed by atoms with Gasteiger partial charge >= 0.3 is 0 Å². The fourth-order valence-corrected chi connectivity index (χ4v) is 2.53. The number of ether oxygens (including phenoxy) is 1. The molecule has 4 nitrogen and oxygen atoms in total. The number of benzene rings is 1. The molecule has 0 aliphatic carbocycles. The average Bonchev–Trinajstić information content (AvgIpc) is 3.06. The number of aromatic nitrogens is 2. The zero-order valence-electron chi connectivity index (χ0n) is 10.3. The van der Waals surface area contributed by atoms with Gasteiger partial charge in [-0.1, -0.05) is 24.3 Å². The standard InChI is InChI=1S/C15H13N3O/c1-2-5-13-11(4-1)12(10-19-13)17-15-7-3-6-14-16-8-9-18(14)15/h1-9,12,17H,10H2. The van der Waals surface area contributed by atoms with Crippen LogP contribution in [0.15, 0.2) is 54.9 Å². The molecular formula is C15H13N3O. The molecule has 19 heavy (non-hydrogen) atoms. The van der Waals surface area contributed by atoms with E-state index in [4.69, 9.17) is 4.74 Å². The lowest BCUT2D eigenvalue weighted by atomic mass is 10.1. The van der Waals surface area contributed by atoms with Crippen molar-refractivity contribution in [1.29, 1.82) is 0 Å². The molecule has 4 heteroatoms. The number of hydrogen-bond donors (Lipinski definition) is 1. The molecule has 2 aromatic heterocycles. The van der Waals surface area contributed by atoms with Crippen molar-refractivity contribution in [1.82, 2.24) is 9.38 Å². The normalized spacial score (nSPS) is 17.2. The van der Waals surface area contributed by atoms with E-state index in [9.17, 15) is 0 Å². The maximum Gasteiger partial charge on any atom is 0.138 e. The predicted molar refractivity (Wildman–Crippen MR) is 73.5 cm³/mol. The molecule has 3 heterocycles. The van der Waals surface area contributed by atoms with Crippen LogP contribution < -0.4 is 10.1 Å². The van der Waals surface area contributed by atoms with Crippen LogP contribution in [-0.4, -0.2) is 16.0 Å². The van der Waals surface area contributed by atoms with Gasteiger partial charge in [0.2, 0.25) is 0 Å². The molecule has 1 atom stereocenters. The van der Waals surface area contributed by atoms with Crippen LogP contribution in [0, 0.1) is 0 Å². The first-order chi connectivity index (χ1) is 9.42. The van der Waals surface area contributed by atoms with Crippen molar-refractivity contribution >= 4 is 11.5 Å². The predicted octanol–water partition coefficient (Wildman–Crippen LogP) is 2.88. The van der Waals surface area contributed by atoms with Gasteiger partial charge in [0.25, 0.3) is 0 Å². The first-order valence-electron chi connectivity index (χ1n) is 6.32. The highest BCUT2D eigenvalue weighted by Crippen LogP contribution is 2.34. The van der Waals surface area contributed by atoms with E-state index in [0.29, 0.717) is 6.61 Å². The summed E-state index contributed by atoms with van der Waals surface area (Å²) in [4.78, 5) is 4.29. The van der Waals surface area contributed by atoms with E-state index in [-0.39, 0.29) is 6.04 Å². The zero-order valence-corrected chi connectivity index (χ0v) is 10.3. The Hall–Kier alpha value is -2.49. The molecule has 4 rings (SSSR count). The van der Waals surface area contributed by atoms with Crippen molar-refractivity contribution < 1.29 is 4.74 Å². The lowest BCUT2D eigenvalue weighted by molar-refractivity contribution is 0.339. The molecule has 1 aliphatic rings. The van der Waals surface area contributed by atoms with E-state index in [1.807, 2.05) is 40.9 Å². The Morgan fingerprint density at radius 2 is 2.11 bits per heavy atom. The van der Waals surface area contributed by atoms with E-state index in [2.05, 4.69) is 22.4 Å². The van der Waals surface area contributed by atoms with Gasteiger partial charge in [-0.2, -0.15) is 0 Å². The number of nitrogens with one attached hydrogen (secondary N) is 1. The van der Waals surface area contributed by atoms with Crippen molar-refractivity contribution in [2.45, 2.75) is 6.04 Å². The number of rotatable bonds is 2. The van der Waals surface area contributed by atoms with E-state index >= 15 is 0 Å². The molecule has 1 N–H and O–H groups in total. The summed E-state index contributed by atoms with van der Waals surface area (Å²) in [6, 6.07) is 14.4. The summed E-state index contributed by atoms with van der Waals surface area (Å²) in [5, 5.41) is 3.52. The quantitative estimate of drug-likeness (QED) is 0.761. The molecular weight excluding hydrogens is 238 g/mol. The topological polar surface area (TPSA) is 38.6 Å². The second-order valence-corrected chi connectivity index (χ2v) is 4.61. The minimum Gasteiger partial charge on any atom is -0.491 e. The van der Waals surface area contributed by atoms with Crippen molar-refractivity contribution in [3.8, 4) is 5.75 Å². The van der Waals surface area contributed by atoms with Crippen LogP contribution in [-0.2, 0) is 0 Å². The molecule has 1 unspecified atom stereocenters. The van der Waals surface area contributed by atoms with Gasteiger partial charge in [0.15, 0.2) is 0 Å². The van der Waals surface area contributed by atoms with Crippen LogP contribution in [0.2, 0.25) is 0 Å². The minimum atomic E-state index is 0.184.